The molecule has 2 N–H and O–H groups in total. The Labute approximate surface area is 107 Å². The summed E-state index contributed by atoms with van der Waals surface area (Å²) in [6.07, 6.45) is 1.73. The topological polar surface area (TPSA) is 74.6 Å². The molecule has 0 radical (unpaired) electrons. The van der Waals surface area contributed by atoms with Gasteiger partial charge in [0.2, 0.25) is 0 Å². The van der Waals surface area contributed by atoms with Gasteiger partial charge in [-0.25, -0.2) is 0 Å². The number of ketones is 2. The van der Waals surface area contributed by atoms with Crippen molar-refractivity contribution < 1.29 is 19.8 Å². The van der Waals surface area contributed by atoms with Crippen LogP contribution in [0.4, 0.5) is 0 Å². The normalized spacial score (nSPS) is 9.28. The number of hydrogen-bond donors (Lipinski definition) is 2. The highest BCUT2D eigenvalue weighted by Gasteiger charge is 2.08. The Morgan fingerprint density at radius 2 is 1.56 bits per heavy atom. The lowest BCUT2D eigenvalue weighted by atomic mass is 10.1. The maximum Gasteiger partial charge on any atom is 0.166 e. The molecule has 0 bridgehead atoms. The Morgan fingerprint density at radius 1 is 1.00 bits per heavy atom. The molecular formula is C14H20O4. The molecule has 0 saturated carbocycles. The molecule has 0 amide bonds. The molecular weight excluding hydrogens is 232 g/mol. The summed E-state index contributed by atoms with van der Waals surface area (Å²) < 4.78 is 0. The van der Waals surface area contributed by atoms with Crippen molar-refractivity contribution in [2.24, 2.45) is 0 Å². The van der Waals surface area contributed by atoms with Gasteiger partial charge in [-0.3, -0.25) is 9.59 Å². The first kappa shape index (κ1) is 16.2. The molecule has 0 saturated heterocycles. The van der Waals surface area contributed by atoms with E-state index in [4.69, 9.17) is 5.11 Å². The number of phenolic OH excluding ortho intramolecular Hbond substituents is 2. The van der Waals surface area contributed by atoms with Gasteiger partial charge in [0, 0.05) is 25.3 Å². The second-order valence-electron chi connectivity index (χ2n) is 3.72. The molecule has 0 spiro atoms. The minimum Gasteiger partial charge on any atom is -0.508 e. The zero-order valence-corrected chi connectivity index (χ0v) is 11.1. The molecule has 1 aromatic carbocycles. The van der Waals surface area contributed by atoms with Crippen molar-refractivity contribution in [1.29, 1.82) is 0 Å². The minimum absolute atomic E-state index is 0.0415. The van der Waals surface area contributed by atoms with E-state index in [1.165, 1.54) is 12.1 Å². The number of carbonyl (C=O) groups excluding carboxylic acids is 2. The molecule has 1 rings (SSSR count). The highest BCUT2D eigenvalue weighted by molar-refractivity contribution is 5.98. The average Bonchev–Trinajstić information content (AvgIpc) is 2.37. The summed E-state index contributed by atoms with van der Waals surface area (Å²) in [5.74, 6) is 0.00417. The maximum atomic E-state index is 11.1. The molecule has 0 aliphatic carbocycles. The number of benzene rings is 1. The van der Waals surface area contributed by atoms with Crippen molar-refractivity contribution in [3.05, 3.63) is 23.8 Å². The lowest BCUT2D eigenvalue weighted by Gasteiger charge is -2.01. The fraction of sp³-hybridized carbons (Fsp3) is 0.429. The van der Waals surface area contributed by atoms with Crippen molar-refractivity contribution in [2.75, 3.05) is 0 Å². The first-order valence-electron chi connectivity index (χ1n) is 6.03. The Bertz CT molecular complexity index is 404. The average molecular weight is 252 g/mol. The molecule has 1 aromatic rings. The van der Waals surface area contributed by atoms with Gasteiger partial charge in [-0.05, 0) is 12.1 Å². The molecule has 0 unspecified atom stereocenters. The Morgan fingerprint density at radius 3 is 1.89 bits per heavy atom. The molecule has 0 aliphatic heterocycles. The van der Waals surface area contributed by atoms with E-state index in [-0.39, 0.29) is 22.8 Å². The monoisotopic (exact) mass is 252 g/mol. The van der Waals surface area contributed by atoms with Crippen molar-refractivity contribution in [1.82, 2.24) is 0 Å². The number of carbonyl (C=O) groups is 2. The summed E-state index contributed by atoms with van der Waals surface area (Å²) in [5, 5.41) is 18.1. The van der Waals surface area contributed by atoms with Crippen LogP contribution in [0.25, 0.3) is 0 Å². The smallest absolute Gasteiger partial charge is 0.166 e. The van der Waals surface area contributed by atoms with Gasteiger partial charge in [-0.15, -0.1) is 0 Å². The molecule has 4 heteroatoms. The Balaban J connectivity index is 0.000000411. The third-order valence-electron chi connectivity index (χ3n) is 2.39. The largest absolute Gasteiger partial charge is 0.508 e. The zero-order chi connectivity index (χ0) is 14.1. The number of aromatic hydroxyl groups is 2. The minimum atomic E-state index is -0.165. The third-order valence-corrected chi connectivity index (χ3v) is 2.39. The second-order valence-corrected chi connectivity index (χ2v) is 3.72. The molecule has 100 valence electrons. The van der Waals surface area contributed by atoms with Crippen molar-refractivity contribution in [3.8, 4) is 11.5 Å². The van der Waals surface area contributed by atoms with Crippen LogP contribution in [0, 0.1) is 0 Å². The molecule has 0 heterocycles. The molecule has 0 atom stereocenters. The zero-order valence-electron chi connectivity index (χ0n) is 11.1. The highest BCUT2D eigenvalue weighted by atomic mass is 16.3. The summed E-state index contributed by atoms with van der Waals surface area (Å²) in [4.78, 5) is 21.3. The highest BCUT2D eigenvalue weighted by Crippen LogP contribution is 2.23. The molecule has 0 fully saturated rings. The summed E-state index contributed by atoms with van der Waals surface area (Å²) in [6, 6.07) is 3.95. The van der Waals surface area contributed by atoms with Crippen LogP contribution in [0.15, 0.2) is 18.2 Å². The van der Waals surface area contributed by atoms with Crippen LogP contribution in [0.2, 0.25) is 0 Å². The summed E-state index contributed by atoms with van der Waals surface area (Å²) in [6.45, 7) is 5.48. The van der Waals surface area contributed by atoms with Crippen molar-refractivity contribution >= 4 is 11.6 Å². The van der Waals surface area contributed by atoms with Crippen molar-refractivity contribution in [2.45, 2.75) is 40.0 Å². The van der Waals surface area contributed by atoms with Crippen LogP contribution < -0.4 is 0 Å². The predicted molar refractivity (Wildman–Crippen MR) is 70.0 cm³/mol. The van der Waals surface area contributed by atoms with Crippen LogP contribution >= 0.6 is 0 Å². The fourth-order valence-electron chi connectivity index (χ4n) is 1.20. The van der Waals surface area contributed by atoms with Gasteiger partial charge in [-0.1, -0.05) is 20.8 Å². The maximum absolute atomic E-state index is 11.1. The number of Topliss-reactive ketones (excluding diaryl/α,β-unsaturated/α-hetero) is 2. The SMILES string of the molecule is CCC(=O)CC.CCC(=O)c1ccc(O)cc1O. The van der Waals surface area contributed by atoms with Gasteiger partial charge in [0.25, 0.3) is 0 Å². The summed E-state index contributed by atoms with van der Waals surface area (Å²) >= 11 is 0. The van der Waals surface area contributed by atoms with Crippen molar-refractivity contribution in [3.63, 3.8) is 0 Å². The molecule has 0 aromatic heterocycles. The van der Waals surface area contributed by atoms with Gasteiger partial charge in [0.1, 0.15) is 17.3 Å². The Hall–Kier alpha value is -1.84. The van der Waals surface area contributed by atoms with Crippen LogP contribution in [0.3, 0.4) is 0 Å². The molecule has 0 aliphatic rings. The van der Waals surface area contributed by atoms with Gasteiger partial charge in [0.15, 0.2) is 5.78 Å². The van der Waals surface area contributed by atoms with Gasteiger partial charge in [-0.2, -0.15) is 0 Å². The van der Waals surface area contributed by atoms with E-state index >= 15 is 0 Å². The first-order chi connectivity index (χ1) is 8.46. The fourth-order valence-corrected chi connectivity index (χ4v) is 1.20. The van der Waals surface area contributed by atoms with Crippen LogP contribution in [0.5, 0.6) is 11.5 Å². The number of hydrogen-bond acceptors (Lipinski definition) is 4. The lowest BCUT2D eigenvalue weighted by Crippen LogP contribution is -1.95. The summed E-state index contributed by atoms with van der Waals surface area (Å²) in [7, 11) is 0. The molecule has 4 nitrogen and oxygen atoms in total. The Kier molecular flexibility index (Phi) is 7.43. The second kappa shape index (κ2) is 8.28. The third kappa shape index (κ3) is 5.48. The van der Waals surface area contributed by atoms with E-state index < -0.39 is 0 Å². The molecule has 18 heavy (non-hydrogen) atoms. The van der Waals surface area contributed by atoms with Gasteiger partial charge >= 0.3 is 0 Å². The van der Waals surface area contributed by atoms with E-state index in [9.17, 15) is 14.7 Å². The van der Waals surface area contributed by atoms with E-state index in [2.05, 4.69) is 0 Å². The van der Waals surface area contributed by atoms with Gasteiger partial charge in [0.05, 0.1) is 5.56 Å². The number of rotatable bonds is 4. The lowest BCUT2D eigenvalue weighted by molar-refractivity contribution is -0.118. The van der Waals surface area contributed by atoms with Crippen LogP contribution in [0.1, 0.15) is 50.4 Å². The van der Waals surface area contributed by atoms with Crippen LogP contribution in [-0.2, 0) is 4.79 Å². The van der Waals surface area contributed by atoms with E-state index in [0.29, 0.717) is 25.0 Å². The van der Waals surface area contributed by atoms with Crippen LogP contribution in [-0.4, -0.2) is 21.8 Å². The van der Waals surface area contributed by atoms with Gasteiger partial charge < -0.3 is 10.2 Å². The van der Waals surface area contributed by atoms with E-state index in [1.807, 2.05) is 13.8 Å². The standard InChI is InChI=1S/C9H10O3.C5H10O/c1-2-8(11)7-4-3-6(10)5-9(7)12;1-3-5(6)4-2/h3-5,10,12H,2H2,1H3;3-4H2,1-2H3. The van der Waals surface area contributed by atoms with E-state index in [1.54, 1.807) is 6.92 Å². The quantitative estimate of drug-likeness (QED) is 0.807. The summed E-state index contributed by atoms with van der Waals surface area (Å²) in [5.41, 5.74) is 0.260. The first-order valence-corrected chi connectivity index (χ1v) is 6.03. The number of phenols is 2. The van der Waals surface area contributed by atoms with E-state index in [0.717, 1.165) is 6.07 Å². The predicted octanol–water partition coefficient (Wildman–Crippen LogP) is 3.07.